The minimum absolute atomic E-state index is 0.00395. The van der Waals surface area contributed by atoms with E-state index in [2.05, 4.69) is 25.3 Å². The van der Waals surface area contributed by atoms with E-state index in [-0.39, 0.29) is 41.8 Å². The lowest BCUT2D eigenvalue weighted by Crippen LogP contribution is -2.49. The van der Waals surface area contributed by atoms with Crippen LogP contribution in [-0.4, -0.2) is 54.3 Å². The molecule has 0 atom stereocenters. The van der Waals surface area contributed by atoms with E-state index >= 15 is 0 Å². The van der Waals surface area contributed by atoms with Crippen LogP contribution in [0.15, 0.2) is 62.7 Å². The van der Waals surface area contributed by atoms with Crippen LogP contribution in [0.5, 0.6) is 0 Å². The van der Waals surface area contributed by atoms with Gasteiger partial charge in [0.05, 0.1) is 11.4 Å². The molecule has 0 saturated carbocycles. The second-order valence-electron chi connectivity index (χ2n) is 6.69. The van der Waals surface area contributed by atoms with Crippen LogP contribution >= 0.6 is 0 Å². The van der Waals surface area contributed by atoms with Crippen molar-refractivity contribution in [1.29, 1.82) is 0 Å². The van der Waals surface area contributed by atoms with Gasteiger partial charge in [-0.15, -0.1) is 0 Å². The highest BCUT2D eigenvalue weighted by Gasteiger charge is 2.29. The molecule has 0 spiro atoms. The van der Waals surface area contributed by atoms with Gasteiger partial charge < -0.3 is 10.6 Å². The Morgan fingerprint density at radius 3 is 2.58 bits per heavy atom. The highest BCUT2D eigenvalue weighted by atomic mass is 32.2. The summed E-state index contributed by atoms with van der Waals surface area (Å²) < 4.78 is 30.9. The number of nitrogens with one attached hydrogen (secondary N) is 3. The predicted octanol–water partition coefficient (Wildman–Crippen LogP) is 0.403. The molecule has 0 radical (unpaired) electrons. The summed E-state index contributed by atoms with van der Waals surface area (Å²) in [6.45, 7) is 0.195. The van der Waals surface area contributed by atoms with Gasteiger partial charge in [-0.25, -0.2) is 13.2 Å². The molecule has 0 unspecified atom stereocenters. The number of benzene rings is 2. The minimum atomic E-state index is -3.83. The molecule has 1 aliphatic heterocycles. The second kappa shape index (κ2) is 8.16. The molecular formula is C19H17N5O6S. The fourth-order valence-electron chi connectivity index (χ4n) is 3.05. The molecule has 3 aromatic rings. The quantitative estimate of drug-likeness (QED) is 0.516. The Labute approximate surface area is 176 Å². The van der Waals surface area contributed by atoms with Gasteiger partial charge in [0.15, 0.2) is 5.82 Å². The number of amides is 2. The van der Waals surface area contributed by atoms with Crippen LogP contribution in [0.1, 0.15) is 10.4 Å². The van der Waals surface area contributed by atoms with E-state index in [0.29, 0.717) is 11.3 Å². The molecule has 2 aromatic carbocycles. The standard InChI is InChI=1S/C19H17N5O6S/c25-16-11-24(9-8-20-16)31(28,29)15-6-4-12(5-7-15)18(26)21-14-3-1-2-13(10-14)17-22-19(27)30-23-17/h1-7,10H,8-9,11H2,(H,20,25)(H,21,26)(H,22,23,27). The topological polar surface area (TPSA) is 154 Å². The maximum absolute atomic E-state index is 12.7. The number of aromatic amines is 1. The Morgan fingerprint density at radius 1 is 1.13 bits per heavy atom. The molecule has 2 heterocycles. The average molecular weight is 443 g/mol. The van der Waals surface area contributed by atoms with Crippen molar-refractivity contribution >= 4 is 27.5 Å². The van der Waals surface area contributed by atoms with Crippen molar-refractivity contribution in [3.63, 3.8) is 0 Å². The summed E-state index contributed by atoms with van der Waals surface area (Å²) in [5, 5.41) is 8.87. The van der Waals surface area contributed by atoms with E-state index < -0.39 is 21.7 Å². The summed E-state index contributed by atoms with van der Waals surface area (Å²) in [6.07, 6.45) is 0. The number of hydrogen-bond donors (Lipinski definition) is 3. The van der Waals surface area contributed by atoms with Gasteiger partial charge >= 0.3 is 5.76 Å². The van der Waals surface area contributed by atoms with Gasteiger partial charge in [0.2, 0.25) is 15.9 Å². The lowest BCUT2D eigenvalue weighted by atomic mass is 10.1. The van der Waals surface area contributed by atoms with Crippen LogP contribution in [0, 0.1) is 0 Å². The van der Waals surface area contributed by atoms with Crippen LogP contribution in [0.25, 0.3) is 11.4 Å². The monoisotopic (exact) mass is 443 g/mol. The first-order chi connectivity index (χ1) is 14.8. The Kier molecular flexibility index (Phi) is 5.40. The lowest BCUT2D eigenvalue weighted by molar-refractivity contribution is -0.122. The summed E-state index contributed by atoms with van der Waals surface area (Å²) >= 11 is 0. The summed E-state index contributed by atoms with van der Waals surface area (Å²) in [4.78, 5) is 37.6. The number of carbonyl (C=O) groups is 2. The molecule has 4 rings (SSSR count). The summed E-state index contributed by atoms with van der Waals surface area (Å²) in [5.74, 6) is -1.28. The van der Waals surface area contributed by atoms with Gasteiger partial charge in [-0.1, -0.05) is 17.3 Å². The van der Waals surface area contributed by atoms with Crippen LogP contribution in [-0.2, 0) is 14.8 Å². The van der Waals surface area contributed by atoms with Crippen LogP contribution in [0.3, 0.4) is 0 Å². The molecule has 31 heavy (non-hydrogen) atoms. The number of rotatable bonds is 5. The van der Waals surface area contributed by atoms with Crippen LogP contribution < -0.4 is 16.4 Å². The third-order valence-electron chi connectivity index (χ3n) is 4.59. The summed E-state index contributed by atoms with van der Waals surface area (Å²) in [5.41, 5.74) is 1.23. The number of H-pyrrole nitrogens is 1. The number of carbonyl (C=O) groups excluding carboxylic acids is 2. The maximum Gasteiger partial charge on any atom is 0.439 e. The van der Waals surface area contributed by atoms with Crippen LogP contribution in [0.4, 0.5) is 5.69 Å². The molecule has 0 aliphatic carbocycles. The van der Waals surface area contributed by atoms with Crippen molar-refractivity contribution in [2.75, 3.05) is 25.0 Å². The van der Waals surface area contributed by atoms with Gasteiger partial charge in [-0.2, -0.15) is 4.31 Å². The third-order valence-corrected chi connectivity index (χ3v) is 6.45. The van der Waals surface area contributed by atoms with Gasteiger partial charge in [0.25, 0.3) is 5.91 Å². The molecule has 1 aromatic heterocycles. The third kappa shape index (κ3) is 4.39. The summed E-state index contributed by atoms with van der Waals surface area (Å²) in [6, 6.07) is 12.1. The van der Waals surface area contributed by atoms with Crippen molar-refractivity contribution < 1.29 is 22.5 Å². The summed E-state index contributed by atoms with van der Waals surface area (Å²) in [7, 11) is -3.83. The Hall–Kier alpha value is -3.77. The fraction of sp³-hybridized carbons (Fsp3) is 0.158. The van der Waals surface area contributed by atoms with Crippen molar-refractivity contribution in [3.05, 3.63) is 64.6 Å². The fourth-order valence-corrected chi connectivity index (χ4v) is 4.45. The molecule has 11 nitrogen and oxygen atoms in total. The predicted molar refractivity (Wildman–Crippen MR) is 109 cm³/mol. The number of nitrogens with zero attached hydrogens (tertiary/aromatic N) is 2. The van der Waals surface area contributed by atoms with Crippen molar-refractivity contribution in [1.82, 2.24) is 19.8 Å². The smallest absolute Gasteiger partial charge is 0.354 e. The highest BCUT2D eigenvalue weighted by molar-refractivity contribution is 7.89. The SMILES string of the molecule is O=C1CN(S(=O)(=O)c2ccc(C(=O)Nc3cccc(-c4noc(=O)[nH]4)c3)cc2)CCN1. The normalized spacial score (nSPS) is 14.8. The molecule has 1 aliphatic rings. The van der Waals surface area contributed by atoms with Crippen molar-refractivity contribution in [2.45, 2.75) is 4.90 Å². The first-order valence-corrected chi connectivity index (χ1v) is 10.6. The first-order valence-electron chi connectivity index (χ1n) is 9.18. The Balaban J connectivity index is 1.49. The zero-order chi connectivity index (χ0) is 22.0. The molecule has 160 valence electrons. The lowest BCUT2D eigenvalue weighted by Gasteiger charge is -2.25. The first kappa shape index (κ1) is 20.5. The molecule has 0 bridgehead atoms. The zero-order valence-corrected chi connectivity index (χ0v) is 16.8. The average Bonchev–Trinajstić information content (AvgIpc) is 3.20. The van der Waals surface area contributed by atoms with Crippen molar-refractivity contribution in [2.24, 2.45) is 0 Å². The van der Waals surface area contributed by atoms with Gasteiger partial charge in [-0.05, 0) is 36.4 Å². The van der Waals surface area contributed by atoms with E-state index in [0.717, 1.165) is 4.31 Å². The Bertz CT molecular complexity index is 1300. The molecule has 1 saturated heterocycles. The van der Waals surface area contributed by atoms with Crippen LogP contribution in [0.2, 0.25) is 0 Å². The number of piperazine rings is 1. The van der Waals surface area contributed by atoms with Gasteiger partial charge in [0.1, 0.15) is 0 Å². The van der Waals surface area contributed by atoms with E-state index in [4.69, 9.17) is 0 Å². The molecule has 12 heteroatoms. The van der Waals surface area contributed by atoms with Gasteiger partial charge in [0, 0.05) is 29.9 Å². The minimum Gasteiger partial charge on any atom is -0.354 e. The van der Waals surface area contributed by atoms with E-state index in [1.165, 1.54) is 24.3 Å². The zero-order valence-electron chi connectivity index (χ0n) is 16.0. The van der Waals surface area contributed by atoms with Crippen molar-refractivity contribution in [3.8, 4) is 11.4 Å². The molecular weight excluding hydrogens is 426 g/mol. The molecule has 2 amide bonds. The van der Waals surface area contributed by atoms with Gasteiger partial charge in [-0.3, -0.25) is 19.1 Å². The van der Waals surface area contributed by atoms with E-state index in [1.807, 2.05) is 0 Å². The number of sulfonamides is 1. The highest BCUT2D eigenvalue weighted by Crippen LogP contribution is 2.20. The second-order valence-corrected chi connectivity index (χ2v) is 8.63. The number of hydrogen-bond acceptors (Lipinski definition) is 7. The van der Waals surface area contributed by atoms with E-state index in [1.54, 1.807) is 24.3 Å². The molecule has 3 N–H and O–H groups in total. The maximum atomic E-state index is 12.7. The number of anilines is 1. The Morgan fingerprint density at radius 2 is 1.90 bits per heavy atom. The molecule has 1 fully saturated rings. The van der Waals surface area contributed by atoms with E-state index in [9.17, 15) is 22.8 Å². The largest absolute Gasteiger partial charge is 0.439 e. The number of aromatic nitrogens is 2.